The quantitative estimate of drug-likeness (QED) is 0.481. The van der Waals surface area contributed by atoms with E-state index in [1.165, 1.54) is 12.8 Å². The Hall–Kier alpha value is -1.95. The summed E-state index contributed by atoms with van der Waals surface area (Å²) in [5.74, 6) is 2.38. The Balaban J connectivity index is 1.67. The van der Waals surface area contributed by atoms with Gasteiger partial charge in [-0.3, -0.25) is 0 Å². The maximum absolute atomic E-state index is 10.3. The molecule has 0 atom stereocenters. The van der Waals surface area contributed by atoms with Crippen LogP contribution in [0.4, 0.5) is 0 Å². The second-order valence-electron chi connectivity index (χ2n) is 7.62. The zero-order chi connectivity index (χ0) is 19.1. The van der Waals surface area contributed by atoms with Crippen LogP contribution in [0.25, 0.3) is 0 Å². The van der Waals surface area contributed by atoms with Gasteiger partial charge in [0.2, 0.25) is 0 Å². The van der Waals surface area contributed by atoms with Gasteiger partial charge in [0.25, 0.3) is 0 Å². The zero-order valence-corrected chi connectivity index (χ0v) is 16.6. The lowest BCUT2D eigenvalue weighted by Gasteiger charge is -2.37. The number of nitrogens with one attached hydrogen (secondary N) is 2. The first-order valence-corrected chi connectivity index (χ1v) is 10.2. The van der Waals surface area contributed by atoms with Crippen LogP contribution in [0, 0.1) is 0 Å². The van der Waals surface area contributed by atoms with E-state index in [9.17, 15) is 5.11 Å². The van der Waals surface area contributed by atoms with Crippen molar-refractivity contribution in [2.75, 3.05) is 20.2 Å². The second-order valence-corrected chi connectivity index (χ2v) is 7.62. The Kier molecular flexibility index (Phi) is 6.83. The van der Waals surface area contributed by atoms with E-state index in [0.29, 0.717) is 19.2 Å². The molecular weight excluding hydrogens is 342 g/mol. The molecule has 2 aliphatic rings. The van der Waals surface area contributed by atoms with Crippen LogP contribution in [0.1, 0.15) is 57.4 Å². The minimum absolute atomic E-state index is 0.291. The number of nitrogens with zero attached hydrogens (tertiary/aromatic N) is 1. The maximum Gasteiger partial charge on any atom is 0.191 e. The molecule has 150 valence electrons. The largest absolute Gasteiger partial charge is 0.497 e. The van der Waals surface area contributed by atoms with Gasteiger partial charge >= 0.3 is 0 Å². The Bertz CT molecular complexity index is 638. The molecule has 3 rings (SSSR count). The monoisotopic (exact) mass is 375 g/mol. The molecule has 0 spiro atoms. The minimum Gasteiger partial charge on any atom is -0.497 e. The number of benzene rings is 1. The highest BCUT2D eigenvalue weighted by Crippen LogP contribution is 2.31. The van der Waals surface area contributed by atoms with Crippen molar-refractivity contribution in [3.63, 3.8) is 0 Å². The van der Waals surface area contributed by atoms with E-state index in [-0.39, 0.29) is 0 Å². The van der Waals surface area contributed by atoms with Gasteiger partial charge in [0.15, 0.2) is 5.96 Å². The maximum atomic E-state index is 10.3. The lowest BCUT2D eigenvalue weighted by atomic mass is 9.80. The van der Waals surface area contributed by atoms with Crippen LogP contribution in [0.2, 0.25) is 0 Å². The molecule has 2 fully saturated rings. The van der Waals surface area contributed by atoms with Gasteiger partial charge in [-0.15, -0.1) is 0 Å². The van der Waals surface area contributed by atoms with Crippen molar-refractivity contribution in [1.29, 1.82) is 0 Å². The summed E-state index contributed by atoms with van der Waals surface area (Å²) in [5, 5.41) is 16.8. The number of aliphatic imine (C=N–C) groups is 1. The summed E-state index contributed by atoms with van der Waals surface area (Å²) in [6.45, 7) is 3.86. The summed E-state index contributed by atoms with van der Waals surface area (Å²) < 4.78 is 11.6. The molecule has 6 nitrogen and oxygen atoms in total. The van der Waals surface area contributed by atoms with Crippen LogP contribution in [0.5, 0.6) is 11.5 Å². The van der Waals surface area contributed by atoms with E-state index >= 15 is 0 Å². The molecule has 3 N–H and O–H groups in total. The molecule has 0 aliphatic heterocycles. The van der Waals surface area contributed by atoms with Crippen molar-refractivity contribution in [3.8, 4) is 11.5 Å². The molecule has 0 aromatic heterocycles. The standard InChI is InChI=1S/C21H33N3O3/c1-3-22-20(24-15-21(25)11-6-12-21)23-14-16-9-10-18(26-2)13-19(16)27-17-7-4-5-8-17/h9-10,13,17,25H,3-8,11-12,14-15H2,1-2H3,(H2,22,23,24). The summed E-state index contributed by atoms with van der Waals surface area (Å²) >= 11 is 0. The first kappa shape index (κ1) is 19.8. The summed E-state index contributed by atoms with van der Waals surface area (Å²) in [4.78, 5) is 4.70. The average molecular weight is 376 g/mol. The van der Waals surface area contributed by atoms with Crippen molar-refractivity contribution < 1.29 is 14.6 Å². The van der Waals surface area contributed by atoms with Crippen molar-refractivity contribution >= 4 is 5.96 Å². The summed E-state index contributed by atoms with van der Waals surface area (Å²) in [6, 6.07) is 5.93. The molecule has 0 unspecified atom stereocenters. The third-order valence-corrected chi connectivity index (χ3v) is 5.49. The van der Waals surface area contributed by atoms with E-state index in [4.69, 9.17) is 14.5 Å². The molecule has 1 aromatic rings. The number of ether oxygens (including phenoxy) is 2. The lowest BCUT2D eigenvalue weighted by molar-refractivity contribution is -0.0279. The van der Waals surface area contributed by atoms with Gasteiger partial charge in [0.1, 0.15) is 11.5 Å². The number of hydrogen-bond donors (Lipinski definition) is 3. The smallest absolute Gasteiger partial charge is 0.191 e. The predicted molar refractivity (Wildman–Crippen MR) is 107 cm³/mol. The van der Waals surface area contributed by atoms with Crippen LogP contribution in [-0.4, -0.2) is 43.0 Å². The van der Waals surface area contributed by atoms with Crippen LogP contribution >= 0.6 is 0 Å². The SMILES string of the molecule is CCNC(=NCc1ccc(OC)cc1OC1CCCC1)NCC1(O)CCC1. The normalized spacial score (nSPS) is 19.4. The number of rotatable bonds is 8. The Morgan fingerprint density at radius 1 is 1.22 bits per heavy atom. The first-order chi connectivity index (χ1) is 13.1. The fourth-order valence-corrected chi connectivity index (χ4v) is 3.60. The molecule has 0 bridgehead atoms. The van der Waals surface area contributed by atoms with Gasteiger partial charge in [0, 0.05) is 24.7 Å². The fourth-order valence-electron chi connectivity index (χ4n) is 3.60. The predicted octanol–water partition coefficient (Wildman–Crippen LogP) is 2.99. The third-order valence-electron chi connectivity index (χ3n) is 5.49. The molecular formula is C21H33N3O3. The van der Waals surface area contributed by atoms with Crippen LogP contribution < -0.4 is 20.1 Å². The number of aliphatic hydroxyl groups is 1. The minimum atomic E-state index is -0.576. The van der Waals surface area contributed by atoms with Gasteiger partial charge in [-0.1, -0.05) is 0 Å². The Labute approximate surface area is 162 Å². The Morgan fingerprint density at radius 2 is 2.00 bits per heavy atom. The van der Waals surface area contributed by atoms with Gasteiger partial charge in [-0.25, -0.2) is 4.99 Å². The van der Waals surface area contributed by atoms with Gasteiger partial charge in [-0.2, -0.15) is 0 Å². The van der Waals surface area contributed by atoms with Crippen LogP contribution in [0.3, 0.4) is 0 Å². The lowest BCUT2D eigenvalue weighted by Crippen LogP contribution is -2.50. The van der Waals surface area contributed by atoms with Crippen LogP contribution in [-0.2, 0) is 6.54 Å². The van der Waals surface area contributed by atoms with Crippen molar-refractivity contribution in [1.82, 2.24) is 10.6 Å². The van der Waals surface area contributed by atoms with Crippen LogP contribution in [0.15, 0.2) is 23.2 Å². The molecule has 0 heterocycles. The molecule has 27 heavy (non-hydrogen) atoms. The molecule has 0 amide bonds. The van der Waals surface area contributed by atoms with E-state index in [2.05, 4.69) is 10.6 Å². The highest BCUT2D eigenvalue weighted by Gasteiger charge is 2.34. The van der Waals surface area contributed by atoms with Crippen molar-refractivity contribution in [3.05, 3.63) is 23.8 Å². The van der Waals surface area contributed by atoms with Crippen molar-refractivity contribution in [2.45, 2.75) is 70.1 Å². The van der Waals surface area contributed by atoms with Crippen molar-refractivity contribution in [2.24, 2.45) is 4.99 Å². The number of methoxy groups -OCH3 is 1. The number of guanidine groups is 1. The Morgan fingerprint density at radius 3 is 2.63 bits per heavy atom. The highest BCUT2D eigenvalue weighted by atomic mass is 16.5. The van der Waals surface area contributed by atoms with Gasteiger partial charge in [-0.05, 0) is 64.0 Å². The molecule has 6 heteroatoms. The third kappa shape index (κ3) is 5.51. The average Bonchev–Trinajstić information content (AvgIpc) is 3.16. The molecule has 0 saturated heterocycles. The second kappa shape index (κ2) is 9.31. The fraction of sp³-hybridized carbons (Fsp3) is 0.667. The van der Waals surface area contributed by atoms with E-state index < -0.39 is 5.60 Å². The van der Waals surface area contributed by atoms with E-state index in [0.717, 1.165) is 61.7 Å². The summed E-state index contributed by atoms with van der Waals surface area (Å²) in [7, 11) is 1.67. The molecule has 2 aliphatic carbocycles. The van der Waals surface area contributed by atoms with E-state index in [1.807, 2.05) is 25.1 Å². The topological polar surface area (TPSA) is 75.1 Å². The first-order valence-electron chi connectivity index (χ1n) is 10.2. The molecule has 0 radical (unpaired) electrons. The summed E-state index contributed by atoms with van der Waals surface area (Å²) in [6.07, 6.45) is 7.80. The van der Waals surface area contributed by atoms with Gasteiger partial charge < -0.3 is 25.2 Å². The molecule has 1 aromatic carbocycles. The highest BCUT2D eigenvalue weighted by molar-refractivity contribution is 5.79. The molecule has 2 saturated carbocycles. The van der Waals surface area contributed by atoms with E-state index in [1.54, 1.807) is 7.11 Å². The number of hydrogen-bond acceptors (Lipinski definition) is 4. The van der Waals surface area contributed by atoms with Gasteiger partial charge in [0.05, 0.1) is 25.4 Å². The zero-order valence-electron chi connectivity index (χ0n) is 16.6. The summed E-state index contributed by atoms with van der Waals surface area (Å²) in [5.41, 5.74) is 0.467.